The van der Waals surface area contributed by atoms with Crippen LogP contribution in [0.1, 0.15) is 5.56 Å². The number of carbonyl (C=O) groups is 2. The Bertz CT molecular complexity index is 718. The van der Waals surface area contributed by atoms with Crippen LogP contribution in [-0.2, 0) is 9.59 Å². The molecule has 1 unspecified atom stereocenters. The highest BCUT2D eigenvalue weighted by Crippen LogP contribution is 2.38. The van der Waals surface area contributed by atoms with E-state index >= 15 is 0 Å². The van der Waals surface area contributed by atoms with Crippen LogP contribution in [0.3, 0.4) is 0 Å². The Morgan fingerprint density at radius 1 is 1.42 bits per heavy atom. The van der Waals surface area contributed by atoms with Gasteiger partial charge in [0.15, 0.2) is 17.5 Å². The molecule has 9 heteroatoms. The number of thiocarbonyl (C=S) groups is 1. The molecule has 1 amide bonds. The fourth-order valence-corrected chi connectivity index (χ4v) is 3.53. The molecule has 1 saturated heterocycles. The van der Waals surface area contributed by atoms with Crippen molar-refractivity contribution in [3.8, 4) is 11.5 Å². The number of aliphatic carboxylic acids is 1. The van der Waals surface area contributed by atoms with Gasteiger partial charge in [0.25, 0.3) is 5.91 Å². The van der Waals surface area contributed by atoms with Gasteiger partial charge in [0.05, 0.1) is 25.7 Å². The Morgan fingerprint density at radius 3 is 2.67 bits per heavy atom. The molecule has 1 heterocycles. The molecule has 1 aromatic rings. The Kier molecular flexibility index (Phi) is 5.81. The maximum atomic E-state index is 12.5. The summed E-state index contributed by atoms with van der Waals surface area (Å²) in [5.74, 6) is -0.951. The molecule has 1 atom stereocenters. The Balaban J connectivity index is 2.41. The number of methoxy groups -OCH3 is 2. The van der Waals surface area contributed by atoms with Crippen molar-refractivity contribution >= 4 is 46.3 Å². The Morgan fingerprint density at radius 2 is 2.12 bits per heavy atom. The molecule has 1 aliphatic rings. The van der Waals surface area contributed by atoms with Gasteiger partial charge in [0.2, 0.25) is 0 Å². The molecular formula is C15H15NO6S2. The smallest absolute Gasteiger partial charge is 0.329 e. The third kappa shape index (κ3) is 3.37. The van der Waals surface area contributed by atoms with E-state index in [4.69, 9.17) is 26.8 Å². The molecule has 128 valence electrons. The number of aliphatic hydroxyl groups excluding tert-OH is 1. The van der Waals surface area contributed by atoms with E-state index in [2.05, 4.69) is 0 Å². The van der Waals surface area contributed by atoms with Crippen molar-refractivity contribution in [3.05, 3.63) is 28.7 Å². The number of ether oxygens (including phenoxy) is 2. The molecule has 7 nitrogen and oxygen atoms in total. The third-order valence-corrected chi connectivity index (χ3v) is 4.64. The number of para-hydroxylation sites is 1. The zero-order valence-electron chi connectivity index (χ0n) is 12.9. The summed E-state index contributed by atoms with van der Waals surface area (Å²) in [5.41, 5.74) is 0.591. The van der Waals surface area contributed by atoms with Crippen LogP contribution in [0.5, 0.6) is 11.5 Å². The minimum atomic E-state index is -1.41. The number of carbonyl (C=O) groups excluding carboxylic acids is 1. The highest BCUT2D eigenvalue weighted by atomic mass is 32.2. The predicted molar refractivity (Wildman–Crippen MR) is 93.1 cm³/mol. The van der Waals surface area contributed by atoms with E-state index in [0.717, 1.165) is 16.7 Å². The summed E-state index contributed by atoms with van der Waals surface area (Å²) in [6.07, 6.45) is 1.55. The topological polar surface area (TPSA) is 96.3 Å². The third-order valence-electron chi connectivity index (χ3n) is 3.31. The van der Waals surface area contributed by atoms with Crippen molar-refractivity contribution in [1.82, 2.24) is 4.90 Å². The lowest BCUT2D eigenvalue weighted by atomic mass is 10.1. The average molecular weight is 369 g/mol. The van der Waals surface area contributed by atoms with E-state index in [1.165, 1.54) is 14.2 Å². The number of rotatable bonds is 6. The first-order valence-corrected chi connectivity index (χ1v) is 7.98. The van der Waals surface area contributed by atoms with Gasteiger partial charge in [-0.05, 0) is 12.1 Å². The lowest BCUT2D eigenvalue weighted by molar-refractivity contribution is -0.146. The van der Waals surface area contributed by atoms with Crippen molar-refractivity contribution in [1.29, 1.82) is 0 Å². The molecule has 2 rings (SSSR count). The number of hydrogen-bond acceptors (Lipinski definition) is 7. The zero-order valence-corrected chi connectivity index (χ0v) is 14.5. The summed E-state index contributed by atoms with van der Waals surface area (Å²) in [6, 6.07) is 3.78. The second-order valence-corrected chi connectivity index (χ2v) is 6.35. The lowest BCUT2D eigenvalue weighted by Crippen LogP contribution is -2.46. The summed E-state index contributed by atoms with van der Waals surface area (Å²) in [6.45, 7) is -0.725. The van der Waals surface area contributed by atoms with Gasteiger partial charge >= 0.3 is 5.97 Å². The SMILES string of the molecule is COc1cccc(/C=C2\SC(=S)N(C(CO)C(=O)O)C2=O)c1OC. The van der Waals surface area contributed by atoms with Gasteiger partial charge in [-0.2, -0.15) is 0 Å². The standard InChI is InChI=1S/C15H15NO6S2/c1-21-10-5-3-4-8(12(10)22-2)6-11-13(18)16(15(23)24-11)9(7-17)14(19)20/h3-6,9,17H,7H2,1-2H3,(H,19,20)/b11-6-. The molecule has 1 fully saturated rings. The van der Waals surface area contributed by atoms with Gasteiger partial charge < -0.3 is 19.7 Å². The quantitative estimate of drug-likeness (QED) is 0.573. The van der Waals surface area contributed by atoms with E-state index in [1.807, 2.05) is 0 Å². The summed E-state index contributed by atoms with van der Waals surface area (Å²) in [7, 11) is 2.98. The number of aliphatic hydroxyl groups is 1. The van der Waals surface area contributed by atoms with E-state index in [-0.39, 0.29) is 9.23 Å². The monoisotopic (exact) mass is 369 g/mol. The van der Waals surface area contributed by atoms with Crippen LogP contribution in [-0.4, -0.2) is 58.2 Å². The van der Waals surface area contributed by atoms with E-state index in [1.54, 1.807) is 24.3 Å². The van der Waals surface area contributed by atoms with E-state index < -0.39 is 24.5 Å². The molecule has 0 spiro atoms. The fourth-order valence-electron chi connectivity index (χ4n) is 2.19. The Hall–Kier alpha value is -2.10. The van der Waals surface area contributed by atoms with Crippen molar-refractivity contribution in [2.24, 2.45) is 0 Å². The largest absolute Gasteiger partial charge is 0.493 e. The van der Waals surface area contributed by atoms with E-state index in [9.17, 15) is 14.7 Å². The summed E-state index contributed by atoms with van der Waals surface area (Å²) < 4.78 is 10.6. The number of carboxylic acid groups (broad SMARTS) is 1. The van der Waals surface area contributed by atoms with Gasteiger partial charge in [-0.3, -0.25) is 9.69 Å². The molecule has 24 heavy (non-hydrogen) atoms. The van der Waals surface area contributed by atoms with Crippen LogP contribution < -0.4 is 9.47 Å². The average Bonchev–Trinajstić information content (AvgIpc) is 2.82. The first-order chi connectivity index (χ1) is 11.4. The number of hydrogen-bond donors (Lipinski definition) is 2. The molecule has 2 N–H and O–H groups in total. The zero-order chi connectivity index (χ0) is 17.9. The summed E-state index contributed by atoms with van der Waals surface area (Å²) in [5, 5.41) is 18.3. The molecule has 0 radical (unpaired) electrons. The van der Waals surface area contributed by atoms with Crippen molar-refractivity contribution in [2.45, 2.75) is 6.04 Å². The fraction of sp³-hybridized carbons (Fsp3) is 0.267. The summed E-state index contributed by atoms with van der Waals surface area (Å²) in [4.78, 5) is 24.8. The predicted octanol–water partition coefficient (Wildman–Crippen LogP) is 1.35. The molecular weight excluding hydrogens is 354 g/mol. The maximum Gasteiger partial charge on any atom is 0.329 e. The summed E-state index contributed by atoms with van der Waals surface area (Å²) >= 11 is 6.05. The van der Waals surface area contributed by atoms with Crippen molar-refractivity contribution in [2.75, 3.05) is 20.8 Å². The van der Waals surface area contributed by atoms with E-state index in [0.29, 0.717) is 17.1 Å². The second-order valence-electron chi connectivity index (χ2n) is 4.67. The van der Waals surface area contributed by atoms with Crippen LogP contribution >= 0.6 is 24.0 Å². The second kappa shape index (κ2) is 7.65. The van der Waals surface area contributed by atoms with Crippen LogP contribution in [0.15, 0.2) is 23.1 Å². The van der Waals surface area contributed by atoms with Gasteiger partial charge in [-0.15, -0.1) is 0 Å². The highest BCUT2D eigenvalue weighted by Gasteiger charge is 2.40. The highest BCUT2D eigenvalue weighted by molar-refractivity contribution is 8.26. The number of thioether (sulfide) groups is 1. The van der Waals surface area contributed by atoms with Gasteiger partial charge in [0.1, 0.15) is 4.32 Å². The first kappa shape index (κ1) is 18.2. The first-order valence-electron chi connectivity index (χ1n) is 6.76. The lowest BCUT2D eigenvalue weighted by Gasteiger charge is -2.20. The number of nitrogens with zero attached hydrogens (tertiary/aromatic N) is 1. The van der Waals surface area contributed by atoms with Crippen LogP contribution in [0.25, 0.3) is 6.08 Å². The number of benzene rings is 1. The normalized spacial score (nSPS) is 17.3. The molecule has 0 aromatic heterocycles. The van der Waals surface area contributed by atoms with Gasteiger partial charge in [0, 0.05) is 5.56 Å². The van der Waals surface area contributed by atoms with Gasteiger partial charge in [-0.25, -0.2) is 4.79 Å². The number of amides is 1. The van der Waals surface area contributed by atoms with Crippen LogP contribution in [0.2, 0.25) is 0 Å². The molecule has 1 aromatic carbocycles. The minimum absolute atomic E-state index is 0.0783. The van der Waals surface area contributed by atoms with Crippen LogP contribution in [0, 0.1) is 0 Å². The maximum absolute atomic E-state index is 12.5. The van der Waals surface area contributed by atoms with Gasteiger partial charge in [-0.1, -0.05) is 36.1 Å². The Labute approximate surface area is 147 Å². The number of carboxylic acids is 1. The molecule has 0 bridgehead atoms. The minimum Gasteiger partial charge on any atom is -0.493 e. The molecule has 0 saturated carbocycles. The van der Waals surface area contributed by atoms with Crippen LogP contribution in [0.4, 0.5) is 0 Å². The molecule has 0 aliphatic carbocycles. The molecule has 1 aliphatic heterocycles. The van der Waals surface area contributed by atoms with Crippen molar-refractivity contribution in [3.63, 3.8) is 0 Å². The van der Waals surface area contributed by atoms with Crippen molar-refractivity contribution < 1.29 is 29.3 Å².